The molecule has 0 aliphatic heterocycles. The zero-order valence-corrected chi connectivity index (χ0v) is 10.0. The van der Waals surface area contributed by atoms with Crippen molar-refractivity contribution in [1.29, 1.82) is 0 Å². The summed E-state index contributed by atoms with van der Waals surface area (Å²) in [5, 5.41) is 0. The van der Waals surface area contributed by atoms with E-state index in [0.717, 1.165) is 24.8 Å². The van der Waals surface area contributed by atoms with E-state index in [1.165, 1.54) is 12.1 Å². The molecule has 2 rings (SSSR count). The third kappa shape index (κ3) is 2.91. The molecule has 1 saturated carbocycles. The lowest BCUT2D eigenvalue weighted by Crippen LogP contribution is -2.41. The van der Waals surface area contributed by atoms with E-state index in [-0.39, 0.29) is 17.2 Å². The Morgan fingerprint density at radius 1 is 1.35 bits per heavy atom. The third-order valence-corrected chi connectivity index (χ3v) is 3.53. The number of benzene rings is 1. The van der Waals surface area contributed by atoms with Crippen molar-refractivity contribution < 1.29 is 13.9 Å². The molecule has 17 heavy (non-hydrogen) atoms. The van der Waals surface area contributed by atoms with Crippen molar-refractivity contribution in [1.82, 2.24) is 0 Å². The summed E-state index contributed by atoms with van der Waals surface area (Å²) in [6.45, 7) is 0. The number of rotatable bonds is 5. The summed E-state index contributed by atoms with van der Waals surface area (Å²) in [7, 11) is 1.67. The molecule has 1 aliphatic carbocycles. The van der Waals surface area contributed by atoms with E-state index in [1.807, 2.05) is 0 Å². The highest BCUT2D eigenvalue weighted by molar-refractivity contribution is 5.82. The number of ether oxygens (including phenoxy) is 1. The van der Waals surface area contributed by atoms with Crippen LogP contribution in [0.25, 0.3) is 0 Å². The summed E-state index contributed by atoms with van der Waals surface area (Å²) >= 11 is 0. The molecule has 3 heteroatoms. The number of hydrogen-bond donors (Lipinski definition) is 0. The minimum atomic E-state index is -0.270. The van der Waals surface area contributed by atoms with E-state index in [4.69, 9.17) is 4.74 Å². The van der Waals surface area contributed by atoms with Crippen LogP contribution in [0.15, 0.2) is 24.3 Å². The lowest BCUT2D eigenvalue weighted by molar-refractivity contribution is -0.131. The molecule has 0 saturated heterocycles. The lowest BCUT2D eigenvalue weighted by atomic mass is 9.76. The Bertz CT molecular complexity index is 388. The van der Waals surface area contributed by atoms with Gasteiger partial charge in [-0.25, -0.2) is 4.39 Å². The average molecular weight is 236 g/mol. The van der Waals surface area contributed by atoms with Crippen LogP contribution in [0.5, 0.6) is 0 Å². The van der Waals surface area contributed by atoms with E-state index in [2.05, 4.69) is 0 Å². The summed E-state index contributed by atoms with van der Waals surface area (Å²) in [6.07, 6.45) is 3.92. The standard InChI is InChI=1S/C14H17FO2/c1-17-14(7-2-8-14)10-13(16)9-11-3-5-12(15)6-4-11/h3-6H,2,7-10H2,1H3. The highest BCUT2D eigenvalue weighted by Crippen LogP contribution is 2.38. The monoisotopic (exact) mass is 236 g/mol. The smallest absolute Gasteiger partial charge is 0.140 e. The van der Waals surface area contributed by atoms with E-state index in [9.17, 15) is 9.18 Å². The van der Waals surface area contributed by atoms with Gasteiger partial charge in [-0.2, -0.15) is 0 Å². The molecule has 0 radical (unpaired) electrons. The van der Waals surface area contributed by atoms with Crippen molar-refractivity contribution in [2.45, 2.75) is 37.7 Å². The first kappa shape index (κ1) is 12.2. The molecule has 0 bridgehead atoms. The summed E-state index contributed by atoms with van der Waals surface area (Å²) < 4.78 is 18.1. The summed E-state index contributed by atoms with van der Waals surface area (Å²) in [6, 6.07) is 6.09. The van der Waals surface area contributed by atoms with Gasteiger partial charge in [-0.3, -0.25) is 4.79 Å². The number of carbonyl (C=O) groups excluding carboxylic acids is 1. The molecule has 2 nitrogen and oxygen atoms in total. The van der Waals surface area contributed by atoms with Crippen LogP contribution in [-0.4, -0.2) is 18.5 Å². The minimum Gasteiger partial charge on any atom is -0.378 e. The van der Waals surface area contributed by atoms with Gasteiger partial charge in [0.1, 0.15) is 11.6 Å². The molecule has 1 fully saturated rings. The van der Waals surface area contributed by atoms with Crippen LogP contribution in [-0.2, 0) is 16.0 Å². The van der Waals surface area contributed by atoms with Gasteiger partial charge < -0.3 is 4.74 Å². The Morgan fingerprint density at radius 2 is 2.00 bits per heavy atom. The Hall–Kier alpha value is -1.22. The quantitative estimate of drug-likeness (QED) is 0.785. The van der Waals surface area contributed by atoms with Crippen LogP contribution in [0.1, 0.15) is 31.2 Å². The van der Waals surface area contributed by atoms with E-state index < -0.39 is 0 Å². The number of carbonyl (C=O) groups is 1. The molecule has 92 valence electrons. The number of Topliss-reactive ketones (excluding diaryl/α,β-unsaturated/α-hetero) is 1. The predicted octanol–water partition coefficient (Wildman–Crippen LogP) is 2.90. The Labute approximate surface area is 101 Å². The second-order valence-corrected chi connectivity index (χ2v) is 4.76. The molecule has 1 aromatic rings. The molecule has 0 N–H and O–H groups in total. The number of ketones is 1. The molecule has 0 aromatic heterocycles. The fourth-order valence-corrected chi connectivity index (χ4v) is 2.28. The SMILES string of the molecule is COC1(CC(=O)Cc2ccc(F)cc2)CCC1. The Balaban J connectivity index is 1.91. The van der Waals surface area contributed by atoms with Gasteiger partial charge in [0.2, 0.25) is 0 Å². The van der Waals surface area contributed by atoms with E-state index >= 15 is 0 Å². The molecule has 1 aromatic carbocycles. The number of methoxy groups -OCH3 is 1. The van der Waals surface area contributed by atoms with Crippen LogP contribution >= 0.6 is 0 Å². The second-order valence-electron chi connectivity index (χ2n) is 4.76. The van der Waals surface area contributed by atoms with Gasteiger partial charge in [0.15, 0.2) is 0 Å². The lowest BCUT2D eigenvalue weighted by Gasteiger charge is -2.40. The van der Waals surface area contributed by atoms with E-state index in [0.29, 0.717) is 12.8 Å². The summed E-state index contributed by atoms with van der Waals surface area (Å²) in [5.74, 6) is -0.105. The maximum atomic E-state index is 12.7. The van der Waals surface area contributed by atoms with Crippen molar-refractivity contribution in [3.63, 3.8) is 0 Å². The van der Waals surface area contributed by atoms with Crippen molar-refractivity contribution in [2.75, 3.05) is 7.11 Å². The molecule has 0 spiro atoms. The zero-order chi connectivity index (χ0) is 12.3. The van der Waals surface area contributed by atoms with Gasteiger partial charge in [-0.05, 0) is 37.0 Å². The highest BCUT2D eigenvalue weighted by atomic mass is 19.1. The first-order valence-corrected chi connectivity index (χ1v) is 5.95. The van der Waals surface area contributed by atoms with Gasteiger partial charge in [0, 0.05) is 20.0 Å². The molecule has 0 unspecified atom stereocenters. The van der Waals surface area contributed by atoms with E-state index in [1.54, 1.807) is 19.2 Å². The maximum absolute atomic E-state index is 12.7. The van der Waals surface area contributed by atoms with Crippen LogP contribution in [0.2, 0.25) is 0 Å². The average Bonchev–Trinajstić information content (AvgIpc) is 2.27. The second kappa shape index (κ2) is 4.96. The highest BCUT2D eigenvalue weighted by Gasteiger charge is 2.38. The summed E-state index contributed by atoms with van der Waals surface area (Å²) in [5.41, 5.74) is 0.652. The maximum Gasteiger partial charge on any atom is 0.140 e. The van der Waals surface area contributed by atoms with Gasteiger partial charge >= 0.3 is 0 Å². The van der Waals surface area contributed by atoms with Gasteiger partial charge in [-0.1, -0.05) is 12.1 Å². The molecular weight excluding hydrogens is 219 g/mol. The predicted molar refractivity (Wildman–Crippen MR) is 63.3 cm³/mol. The van der Waals surface area contributed by atoms with Crippen molar-refractivity contribution in [2.24, 2.45) is 0 Å². The van der Waals surface area contributed by atoms with Crippen molar-refractivity contribution in [3.8, 4) is 0 Å². The first-order valence-electron chi connectivity index (χ1n) is 5.95. The number of halogens is 1. The normalized spacial score (nSPS) is 17.5. The Kier molecular flexibility index (Phi) is 3.57. The molecule has 0 amide bonds. The van der Waals surface area contributed by atoms with Gasteiger partial charge in [0.05, 0.1) is 5.60 Å². The minimum absolute atomic E-state index is 0.165. The fourth-order valence-electron chi connectivity index (χ4n) is 2.28. The topological polar surface area (TPSA) is 26.3 Å². The van der Waals surface area contributed by atoms with Crippen LogP contribution in [0.3, 0.4) is 0 Å². The van der Waals surface area contributed by atoms with Crippen LogP contribution < -0.4 is 0 Å². The molecule has 0 atom stereocenters. The first-order chi connectivity index (χ1) is 8.13. The molecular formula is C14H17FO2. The molecule has 1 aliphatic rings. The van der Waals surface area contributed by atoms with Crippen LogP contribution in [0, 0.1) is 5.82 Å². The van der Waals surface area contributed by atoms with Gasteiger partial charge in [-0.15, -0.1) is 0 Å². The summed E-state index contributed by atoms with van der Waals surface area (Å²) in [4.78, 5) is 11.9. The fraction of sp³-hybridized carbons (Fsp3) is 0.500. The molecule has 0 heterocycles. The zero-order valence-electron chi connectivity index (χ0n) is 10.0. The van der Waals surface area contributed by atoms with Gasteiger partial charge in [0.25, 0.3) is 0 Å². The number of hydrogen-bond acceptors (Lipinski definition) is 2. The van der Waals surface area contributed by atoms with Crippen LogP contribution in [0.4, 0.5) is 4.39 Å². The van der Waals surface area contributed by atoms with Crippen molar-refractivity contribution >= 4 is 5.78 Å². The Morgan fingerprint density at radius 3 is 2.47 bits per heavy atom. The van der Waals surface area contributed by atoms with Crippen molar-refractivity contribution in [3.05, 3.63) is 35.6 Å². The third-order valence-electron chi connectivity index (χ3n) is 3.53. The largest absolute Gasteiger partial charge is 0.378 e.